The topological polar surface area (TPSA) is 63.6 Å². The summed E-state index contributed by atoms with van der Waals surface area (Å²) in [7, 11) is 1.30. The lowest BCUT2D eigenvalue weighted by atomic mass is 9.99. The van der Waals surface area contributed by atoms with Gasteiger partial charge in [-0.05, 0) is 29.7 Å². The van der Waals surface area contributed by atoms with Crippen molar-refractivity contribution >= 4 is 11.8 Å². The van der Waals surface area contributed by atoms with E-state index in [0.717, 1.165) is 5.56 Å². The van der Waals surface area contributed by atoms with E-state index in [-0.39, 0.29) is 12.2 Å². The van der Waals surface area contributed by atoms with Crippen LogP contribution in [0.1, 0.15) is 34.0 Å². The van der Waals surface area contributed by atoms with Crippen LogP contribution in [0, 0.1) is 0 Å². The van der Waals surface area contributed by atoms with Crippen LogP contribution in [0.25, 0.3) is 0 Å². The summed E-state index contributed by atoms with van der Waals surface area (Å²) in [5.41, 5.74) is 1.92. The molecule has 1 unspecified atom stereocenters. The van der Waals surface area contributed by atoms with Crippen LogP contribution < -0.4 is 0 Å². The summed E-state index contributed by atoms with van der Waals surface area (Å²) in [4.78, 5) is 23.4. The highest BCUT2D eigenvalue weighted by molar-refractivity contribution is 5.89. The van der Waals surface area contributed by atoms with Crippen molar-refractivity contribution in [2.24, 2.45) is 0 Å². The Bertz CT molecular complexity index is 632. The lowest BCUT2D eigenvalue weighted by Gasteiger charge is -2.10. The van der Waals surface area contributed by atoms with Crippen molar-refractivity contribution < 1.29 is 19.4 Å². The summed E-state index contributed by atoms with van der Waals surface area (Å²) < 4.78 is 4.60. The van der Waals surface area contributed by atoms with Crippen molar-refractivity contribution in [3.63, 3.8) is 0 Å². The van der Waals surface area contributed by atoms with Crippen molar-refractivity contribution in [2.75, 3.05) is 7.11 Å². The predicted molar refractivity (Wildman–Crippen MR) is 82.5 cm³/mol. The number of hydrogen-bond donors (Lipinski definition) is 1. The Balaban J connectivity index is 1.96. The number of aliphatic hydroxyl groups is 1. The van der Waals surface area contributed by atoms with Crippen LogP contribution in [-0.2, 0) is 16.0 Å². The fourth-order valence-electron chi connectivity index (χ4n) is 2.15. The highest BCUT2D eigenvalue weighted by Crippen LogP contribution is 2.18. The van der Waals surface area contributed by atoms with E-state index in [1.807, 2.05) is 30.3 Å². The Kier molecular flexibility index (Phi) is 5.44. The lowest BCUT2D eigenvalue weighted by Crippen LogP contribution is -2.13. The van der Waals surface area contributed by atoms with Crippen LogP contribution in [0.2, 0.25) is 0 Å². The SMILES string of the molecule is COC(=O)c1ccc(C(O)C(=O)CCc2ccccc2)cc1. The quantitative estimate of drug-likeness (QED) is 0.833. The average Bonchev–Trinajstić information content (AvgIpc) is 2.59. The maximum absolute atomic E-state index is 12.1. The zero-order valence-electron chi connectivity index (χ0n) is 12.4. The standard InChI is InChI=1S/C18H18O4/c1-22-18(21)15-10-8-14(9-11-15)17(20)16(19)12-7-13-5-3-2-4-6-13/h2-6,8-11,17,20H,7,12H2,1H3. The fourth-order valence-corrected chi connectivity index (χ4v) is 2.15. The number of hydrogen-bond acceptors (Lipinski definition) is 4. The van der Waals surface area contributed by atoms with Gasteiger partial charge in [-0.25, -0.2) is 4.79 Å². The maximum atomic E-state index is 12.1. The van der Waals surface area contributed by atoms with E-state index in [9.17, 15) is 14.7 Å². The smallest absolute Gasteiger partial charge is 0.337 e. The van der Waals surface area contributed by atoms with Crippen molar-refractivity contribution in [1.82, 2.24) is 0 Å². The molecule has 0 saturated heterocycles. The van der Waals surface area contributed by atoms with Gasteiger partial charge in [0.15, 0.2) is 5.78 Å². The molecule has 22 heavy (non-hydrogen) atoms. The summed E-state index contributed by atoms with van der Waals surface area (Å²) >= 11 is 0. The molecule has 2 aromatic carbocycles. The number of ketones is 1. The zero-order valence-corrected chi connectivity index (χ0v) is 12.4. The number of benzene rings is 2. The van der Waals surface area contributed by atoms with E-state index in [1.54, 1.807) is 12.1 Å². The third-order valence-corrected chi connectivity index (χ3v) is 3.46. The number of Topliss-reactive ketones (excluding diaryl/α,β-unsaturated/α-hetero) is 1. The van der Waals surface area contributed by atoms with Crippen LogP contribution in [0.5, 0.6) is 0 Å². The molecule has 0 amide bonds. The van der Waals surface area contributed by atoms with Gasteiger partial charge in [-0.1, -0.05) is 42.5 Å². The molecule has 2 rings (SSSR count). The van der Waals surface area contributed by atoms with Gasteiger partial charge in [0, 0.05) is 6.42 Å². The molecule has 1 N–H and O–H groups in total. The third-order valence-electron chi connectivity index (χ3n) is 3.46. The number of methoxy groups -OCH3 is 1. The zero-order chi connectivity index (χ0) is 15.9. The minimum Gasteiger partial charge on any atom is -0.465 e. The molecule has 0 fully saturated rings. The molecule has 114 valence electrons. The van der Waals surface area contributed by atoms with Crippen molar-refractivity contribution in [3.05, 3.63) is 71.3 Å². The van der Waals surface area contributed by atoms with Gasteiger partial charge in [0.1, 0.15) is 6.10 Å². The van der Waals surface area contributed by atoms with Crippen molar-refractivity contribution in [2.45, 2.75) is 18.9 Å². The molecule has 0 heterocycles. The number of aryl methyl sites for hydroxylation is 1. The van der Waals surface area contributed by atoms with Crippen LogP contribution in [0.4, 0.5) is 0 Å². The second kappa shape index (κ2) is 7.52. The summed E-state index contributed by atoms with van der Waals surface area (Å²) in [6.45, 7) is 0. The second-order valence-corrected chi connectivity index (χ2v) is 4.97. The van der Waals surface area contributed by atoms with E-state index >= 15 is 0 Å². The maximum Gasteiger partial charge on any atom is 0.337 e. The Morgan fingerprint density at radius 2 is 1.68 bits per heavy atom. The van der Waals surface area contributed by atoms with Crippen LogP contribution in [-0.4, -0.2) is 24.0 Å². The number of aliphatic hydroxyl groups excluding tert-OH is 1. The molecule has 0 aliphatic carbocycles. The Morgan fingerprint density at radius 3 is 2.27 bits per heavy atom. The molecule has 0 aliphatic heterocycles. The van der Waals surface area contributed by atoms with Crippen LogP contribution >= 0.6 is 0 Å². The summed E-state index contributed by atoms with van der Waals surface area (Å²) in [6.07, 6.45) is -0.309. The van der Waals surface area contributed by atoms with E-state index in [1.165, 1.54) is 19.2 Å². The molecule has 0 aromatic heterocycles. The molecule has 0 radical (unpaired) electrons. The number of esters is 1. The molecule has 4 nitrogen and oxygen atoms in total. The number of rotatable bonds is 6. The van der Waals surface area contributed by atoms with Gasteiger partial charge in [0.05, 0.1) is 12.7 Å². The first kappa shape index (κ1) is 15.9. The first-order valence-electron chi connectivity index (χ1n) is 7.05. The van der Waals surface area contributed by atoms with Gasteiger partial charge in [0.2, 0.25) is 0 Å². The van der Waals surface area contributed by atoms with Gasteiger partial charge < -0.3 is 9.84 Å². The monoisotopic (exact) mass is 298 g/mol. The average molecular weight is 298 g/mol. The fraction of sp³-hybridized carbons (Fsp3) is 0.222. The summed E-state index contributed by atoms with van der Waals surface area (Å²) in [5.74, 6) is -0.689. The second-order valence-electron chi connectivity index (χ2n) is 4.97. The lowest BCUT2D eigenvalue weighted by molar-refractivity contribution is -0.127. The van der Waals surface area contributed by atoms with Crippen molar-refractivity contribution in [1.29, 1.82) is 0 Å². The first-order chi connectivity index (χ1) is 10.6. The minimum absolute atomic E-state index is 0.241. The normalized spacial score (nSPS) is 11.7. The van der Waals surface area contributed by atoms with Gasteiger partial charge >= 0.3 is 5.97 Å². The van der Waals surface area contributed by atoms with Crippen LogP contribution in [0.3, 0.4) is 0 Å². The largest absolute Gasteiger partial charge is 0.465 e. The summed E-state index contributed by atoms with van der Waals surface area (Å²) in [6, 6.07) is 15.9. The third kappa shape index (κ3) is 4.02. The Labute approximate surface area is 129 Å². The number of carbonyl (C=O) groups is 2. The predicted octanol–water partition coefficient (Wildman–Crippen LogP) is 2.71. The molecule has 4 heteroatoms. The minimum atomic E-state index is -1.17. The molecular formula is C18H18O4. The van der Waals surface area contributed by atoms with E-state index in [0.29, 0.717) is 17.5 Å². The van der Waals surface area contributed by atoms with Crippen molar-refractivity contribution in [3.8, 4) is 0 Å². The Hall–Kier alpha value is -2.46. The van der Waals surface area contributed by atoms with E-state index in [4.69, 9.17) is 0 Å². The highest BCUT2D eigenvalue weighted by atomic mass is 16.5. The molecule has 0 spiro atoms. The summed E-state index contributed by atoms with van der Waals surface area (Å²) in [5, 5.41) is 10.1. The number of ether oxygens (including phenoxy) is 1. The first-order valence-corrected chi connectivity index (χ1v) is 7.05. The molecule has 0 aliphatic rings. The van der Waals surface area contributed by atoms with E-state index < -0.39 is 12.1 Å². The van der Waals surface area contributed by atoms with Gasteiger partial charge in [-0.15, -0.1) is 0 Å². The van der Waals surface area contributed by atoms with Crippen LogP contribution in [0.15, 0.2) is 54.6 Å². The Morgan fingerprint density at radius 1 is 1.05 bits per heavy atom. The molecule has 0 bridgehead atoms. The molecule has 0 saturated carbocycles. The number of carbonyl (C=O) groups excluding carboxylic acids is 2. The molecule has 1 atom stereocenters. The van der Waals surface area contributed by atoms with Gasteiger partial charge in [0.25, 0.3) is 0 Å². The van der Waals surface area contributed by atoms with E-state index in [2.05, 4.69) is 4.74 Å². The van der Waals surface area contributed by atoms with Gasteiger partial charge in [-0.3, -0.25) is 4.79 Å². The van der Waals surface area contributed by atoms with Gasteiger partial charge in [-0.2, -0.15) is 0 Å². The molecule has 2 aromatic rings. The highest BCUT2D eigenvalue weighted by Gasteiger charge is 2.17. The molecular weight excluding hydrogens is 280 g/mol.